The normalized spacial score (nSPS) is 12.2. The summed E-state index contributed by atoms with van der Waals surface area (Å²) < 4.78 is 65.3. The minimum Gasteiger partial charge on any atom is -0.302 e. The second-order valence-electron chi connectivity index (χ2n) is 4.12. The van der Waals surface area contributed by atoms with E-state index < -0.39 is 35.0 Å². The zero-order chi connectivity index (χ0) is 14.9. The highest BCUT2D eigenvalue weighted by atomic mass is 19.2. The van der Waals surface area contributed by atoms with Gasteiger partial charge < -0.3 is 4.79 Å². The minimum atomic E-state index is -1.68. The van der Waals surface area contributed by atoms with Crippen LogP contribution in [0.15, 0.2) is 30.3 Å². The maximum atomic E-state index is 13.1. The number of hydrogen-bond acceptors (Lipinski definition) is 1. The van der Waals surface area contributed by atoms with Crippen LogP contribution in [0.1, 0.15) is 17.0 Å². The average molecular weight is 286 g/mol. The topological polar surface area (TPSA) is 17.1 Å². The summed E-state index contributed by atoms with van der Waals surface area (Å²) in [4.78, 5) is 11.1. The van der Waals surface area contributed by atoms with Crippen LogP contribution < -0.4 is 0 Å². The molecule has 6 heteroatoms. The van der Waals surface area contributed by atoms with Crippen LogP contribution in [0, 0.1) is 29.1 Å². The van der Waals surface area contributed by atoms with E-state index in [9.17, 15) is 26.7 Å². The van der Waals surface area contributed by atoms with E-state index >= 15 is 0 Å². The van der Waals surface area contributed by atoms with E-state index in [-0.39, 0.29) is 17.4 Å². The van der Waals surface area contributed by atoms with Crippen molar-refractivity contribution in [3.63, 3.8) is 0 Å². The minimum absolute atomic E-state index is 0.122. The summed E-state index contributed by atoms with van der Waals surface area (Å²) >= 11 is 0. The first-order valence-electron chi connectivity index (χ1n) is 5.48. The van der Waals surface area contributed by atoms with E-state index in [4.69, 9.17) is 0 Å². The van der Waals surface area contributed by atoms with Crippen molar-refractivity contribution in [1.82, 2.24) is 0 Å². The Morgan fingerprint density at radius 1 is 0.750 bits per heavy atom. The number of hydrogen-bond donors (Lipinski definition) is 0. The predicted molar refractivity (Wildman–Crippen MR) is 60.6 cm³/mol. The van der Waals surface area contributed by atoms with Crippen LogP contribution in [0.5, 0.6) is 0 Å². The Morgan fingerprint density at radius 3 is 1.65 bits per heavy atom. The van der Waals surface area contributed by atoms with Gasteiger partial charge in [-0.15, -0.1) is 0 Å². The first-order valence-corrected chi connectivity index (χ1v) is 5.48. The Balaban J connectivity index is 2.55. The molecule has 0 aliphatic heterocycles. The lowest BCUT2D eigenvalue weighted by atomic mass is 9.92. The summed E-state index contributed by atoms with van der Waals surface area (Å²) in [5.74, 6) is -7.81. The third-order valence-corrected chi connectivity index (χ3v) is 2.75. The molecule has 0 saturated heterocycles. The Hall–Kier alpha value is -2.24. The van der Waals surface area contributed by atoms with Gasteiger partial charge in [-0.05, 0) is 35.4 Å². The summed E-state index contributed by atoms with van der Waals surface area (Å²) in [5.41, 5.74) is -0.357. The maximum absolute atomic E-state index is 13.1. The van der Waals surface area contributed by atoms with Crippen LogP contribution in [-0.2, 0) is 4.79 Å². The number of aldehydes is 1. The van der Waals surface area contributed by atoms with Gasteiger partial charge >= 0.3 is 0 Å². The zero-order valence-electron chi connectivity index (χ0n) is 9.84. The second kappa shape index (κ2) is 5.40. The van der Waals surface area contributed by atoms with Crippen molar-refractivity contribution in [2.24, 2.45) is 0 Å². The number of rotatable bonds is 3. The molecule has 0 spiro atoms. The summed E-state index contributed by atoms with van der Waals surface area (Å²) in [6, 6.07) is 3.54. The van der Waals surface area contributed by atoms with Crippen molar-refractivity contribution in [3.05, 3.63) is 70.5 Å². The van der Waals surface area contributed by atoms with Crippen LogP contribution in [0.4, 0.5) is 22.0 Å². The molecule has 0 fully saturated rings. The first-order chi connectivity index (χ1) is 9.42. The van der Waals surface area contributed by atoms with Crippen molar-refractivity contribution < 1.29 is 26.7 Å². The zero-order valence-corrected chi connectivity index (χ0v) is 9.84. The Labute approximate surface area is 110 Å². The average Bonchev–Trinajstić information content (AvgIpc) is 2.35. The third kappa shape index (κ3) is 2.68. The molecule has 0 N–H and O–H groups in total. The molecule has 2 aromatic rings. The predicted octanol–water partition coefficient (Wildman–Crippen LogP) is 3.71. The lowest BCUT2D eigenvalue weighted by Crippen LogP contribution is -2.06. The standard InChI is InChI=1S/C14H7F5O/c15-9-1-7(2-10(16)5-9)11(6-20)8-3-12(17)14(19)13(18)4-8/h1-6,11H. The van der Waals surface area contributed by atoms with Gasteiger partial charge in [0, 0.05) is 6.07 Å². The quantitative estimate of drug-likeness (QED) is 0.477. The van der Waals surface area contributed by atoms with Gasteiger partial charge in [-0.3, -0.25) is 0 Å². The molecule has 1 atom stereocenters. The van der Waals surface area contributed by atoms with Crippen molar-refractivity contribution in [2.45, 2.75) is 5.92 Å². The molecular formula is C14H7F5O. The summed E-state index contributed by atoms with van der Waals surface area (Å²) in [6.07, 6.45) is 0.264. The number of halogens is 5. The van der Waals surface area contributed by atoms with Crippen LogP contribution in [-0.4, -0.2) is 6.29 Å². The highest BCUT2D eigenvalue weighted by Gasteiger charge is 2.19. The molecule has 0 aliphatic carbocycles. The Morgan fingerprint density at radius 2 is 1.20 bits per heavy atom. The largest absolute Gasteiger partial charge is 0.302 e. The molecule has 2 rings (SSSR count). The molecule has 20 heavy (non-hydrogen) atoms. The van der Waals surface area contributed by atoms with Crippen LogP contribution >= 0.6 is 0 Å². The molecule has 0 saturated carbocycles. The van der Waals surface area contributed by atoms with E-state index in [0.29, 0.717) is 18.2 Å². The number of carbonyl (C=O) groups is 1. The van der Waals surface area contributed by atoms with Gasteiger partial charge in [-0.1, -0.05) is 0 Å². The van der Waals surface area contributed by atoms with Gasteiger partial charge in [-0.2, -0.15) is 0 Å². The lowest BCUT2D eigenvalue weighted by molar-refractivity contribution is -0.108. The van der Waals surface area contributed by atoms with Crippen molar-refractivity contribution in [1.29, 1.82) is 0 Å². The summed E-state index contributed by atoms with van der Waals surface area (Å²) in [6.45, 7) is 0. The van der Waals surface area contributed by atoms with Gasteiger partial charge in [0.25, 0.3) is 0 Å². The number of benzene rings is 2. The molecule has 1 unspecified atom stereocenters. The molecular weight excluding hydrogens is 279 g/mol. The molecule has 1 nitrogen and oxygen atoms in total. The fraction of sp³-hybridized carbons (Fsp3) is 0.0714. The molecule has 0 amide bonds. The van der Waals surface area contributed by atoms with Gasteiger partial charge in [0.15, 0.2) is 17.5 Å². The van der Waals surface area contributed by atoms with Crippen molar-refractivity contribution in [3.8, 4) is 0 Å². The highest BCUT2D eigenvalue weighted by molar-refractivity contribution is 5.68. The molecule has 0 aromatic heterocycles. The molecule has 0 radical (unpaired) electrons. The Kier molecular flexibility index (Phi) is 3.83. The van der Waals surface area contributed by atoms with Crippen LogP contribution in [0.2, 0.25) is 0 Å². The molecule has 0 bridgehead atoms. The van der Waals surface area contributed by atoms with E-state index in [1.54, 1.807) is 0 Å². The molecule has 104 valence electrons. The van der Waals surface area contributed by atoms with Crippen molar-refractivity contribution >= 4 is 6.29 Å². The smallest absolute Gasteiger partial charge is 0.194 e. The molecule has 2 aromatic carbocycles. The van der Waals surface area contributed by atoms with Gasteiger partial charge in [0.05, 0.1) is 5.92 Å². The number of carbonyl (C=O) groups excluding carboxylic acids is 1. The van der Waals surface area contributed by atoms with Gasteiger partial charge in [0.2, 0.25) is 0 Å². The fourth-order valence-corrected chi connectivity index (χ4v) is 1.86. The fourth-order valence-electron chi connectivity index (χ4n) is 1.86. The maximum Gasteiger partial charge on any atom is 0.194 e. The SMILES string of the molecule is O=CC(c1cc(F)cc(F)c1)c1cc(F)c(F)c(F)c1. The van der Waals surface area contributed by atoms with Gasteiger partial charge in [0.1, 0.15) is 17.9 Å². The Bertz CT molecular complexity index is 625. The first kappa shape index (κ1) is 14.2. The summed E-state index contributed by atoms with van der Waals surface area (Å²) in [5, 5.41) is 0. The monoisotopic (exact) mass is 286 g/mol. The van der Waals surface area contributed by atoms with Gasteiger partial charge in [-0.25, -0.2) is 22.0 Å². The molecule has 0 heterocycles. The third-order valence-electron chi connectivity index (χ3n) is 2.75. The highest BCUT2D eigenvalue weighted by Crippen LogP contribution is 2.26. The van der Waals surface area contributed by atoms with E-state index in [1.165, 1.54) is 0 Å². The molecule has 0 aliphatic rings. The van der Waals surface area contributed by atoms with Crippen LogP contribution in [0.25, 0.3) is 0 Å². The van der Waals surface area contributed by atoms with E-state index in [0.717, 1.165) is 12.1 Å². The second-order valence-corrected chi connectivity index (χ2v) is 4.12. The van der Waals surface area contributed by atoms with E-state index in [2.05, 4.69) is 0 Å². The van der Waals surface area contributed by atoms with E-state index in [1.807, 2.05) is 0 Å². The van der Waals surface area contributed by atoms with Crippen molar-refractivity contribution in [2.75, 3.05) is 0 Å². The summed E-state index contributed by atoms with van der Waals surface area (Å²) in [7, 11) is 0. The lowest BCUT2D eigenvalue weighted by Gasteiger charge is -2.12. The van der Waals surface area contributed by atoms with Crippen LogP contribution in [0.3, 0.4) is 0 Å².